The molecule has 4 aromatic carbocycles. The summed E-state index contributed by atoms with van der Waals surface area (Å²) < 4.78 is 35.0. The summed E-state index contributed by atoms with van der Waals surface area (Å²) in [6.45, 7) is 12.7. The van der Waals surface area contributed by atoms with Crippen LogP contribution in [0.25, 0.3) is 21.8 Å². The van der Waals surface area contributed by atoms with E-state index >= 15 is 0 Å². The van der Waals surface area contributed by atoms with Gasteiger partial charge in [0.15, 0.2) is 0 Å². The van der Waals surface area contributed by atoms with Crippen molar-refractivity contribution < 1.29 is 18.0 Å². The van der Waals surface area contributed by atoms with E-state index in [0.717, 1.165) is 39.3 Å². The van der Waals surface area contributed by atoms with Gasteiger partial charge in [0.1, 0.15) is 28.4 Å². The van der Waals surface area contributed by atoms with Gasteiger partial charge >= 0.3 is 6.17 Å². The average Bonchev–Trinajstić information content (AvgIpc) is 3.48. The molecular weight excluding hydrogens is 516 g/mol. The van der Waals surface area contributed by atoms with E-state index in [1.807, 2.05) is 64.2 Å². The van der Waals surface area contributed by atoms with Crippen molar-refractivity contribution in [1.82, 2.24) is 0 Å². The molecule has 7 rings (SSSR count). The number of allylic oxidation sites excluding steroid dienone is 2. The number of aromatic nitrogens is 1. The Hall–Kier alpha value is -5.16. The van der Waals surface area contributed by atoms with Gasteiger partial charge in [-0.15, -0.1) is 11.6 Å². The fourth-order valence-electron chi connectivity index (χ4n) is 5.77. The topological polar surface area (TPSA) is 22.6 Å². The smallest absolute Gasteiger partial charge is 0.316 e. The molecule has 2 aliphatic heterocycles. The van der Waals surface area contributed by atoms with Crippen molar-refractivity contribution >= 4 is 45.6 Å². The van der Waals surface area contributed by atoms with Crippen LogP contribution in [0.5, 0.6) is 11.5 Å². The molecule has 0 atom stereocenters. The molecule has 5 heteroatoms. The van der Waals surface area contributed by atoms with Crippen LogP contribution in [0.1, 0.15) is 24.9 Å². The Labute approximate surface area is 251 Å². The highest BCUT2D eigenvalue weighted by Crippen LogP contribution is 2.45. The predicted molar refractivity (Wildman–Crippen MR) is 173 cm³/mol. The first-order valence-electron chi connectivity index (χ1n) is 15.5. The Morgan fingerprint density at radius 3 is 2.50 bits per heavy atom. The lowest BCUT2D eigenvalue weighted by Gasteiger charge is -2.29. The van der Waals surface area contributed by atoms with Gasteiger partial charge in [-0.2, -0.15) is 0 Å². The maximum absolute atomic E-state index is 8.11. The molecule has 0 spiro atoms. The van der Waals surface area contributed by atoms with Crippen molar-refractivity contribution in [2.45, 2.75) is 20.8 Å². The van der Waals surface area contributed by atoms with Gasteiger partial charge in [0.2, 0.25) is 0 Å². The zero-order valence-corrected chi connectivity index (χ0v) is 24.0. The van der Waals surface area contributed by atoms with E-state index in [-0.39, 0.29) is 5.41 Å². The Morgan fingerprint density at radius 2 is 1.69 bits per heavy atom. The molecule has 0 fully saturated rings. The normalized spacial score (nSPS) is 16.5. The average molecular weight is 554 g/mol. The molecule has 3 heterocycles. The van der Waals surface area contributed by atoms with Crippen molar-refractivity contribution in [2.24, 2.45) is 5.41 Å². The lowest BCUT2D eigenvalue weighted by atomic mass is 9.85. The number of benzene rings is 4. The molecule has 0 saturated carbocycles. The number of ether oxygens (including phenoxy) is 1. The van der Waals surface area contributed by atoms with E-state index in [9.17, 15) is 0 Å². The molecule has 0 bridgehead atoms. The van der Waals surface area contributed by atoms with Gasteiger partial charge in [-0.1, -0.05) is 75.2 Å². The molecule has 0 amide bonds. The maximum atomic E-state index is 8.11. The fraction of sp³-hybridized carbons (Fsp3) is 0.135. The number of nitrogens with zero attached hydrogens (tertiary/aromatic N) is 4. The number of para-hydroxylation sites is 3. The van der Waals surface area contributed by atoms with Crippen molar-refractivity contribution in [1.29, 1.82) is 0 Å². The van der Waals surface area contributed by atoms with E-state index in [1.165, 1.54) is 10.5 Å². The van der Waals surface area contributed by atoms with Crippen molar-refractivity contribution in [3.63, 3.8) is 0 Å². The Bertz CT molecular complexity index is 2080. The largest absolute Gasteiger partial charge is 0.458 e. The molecule has 5 aromatic rings. The number of hydrogen-bond donors (Lipinski definition) is 0. The number of anilines is 3. The van der Waals surface area contributed by atoms with E-state index < -0.39 is 6.98 Å². The minimum Gasteiger partial charge on any atom is -0.458 e. The molecule has 1 aromatic heterocycles. The van der Waals surface area contributed by atoms with Gasteiger partial charge in [-0.3, -0.25) is 14.0 Å². The van der Waals surface area contributed by atoms with Crippen molar-refractivity contribution in [2.75, 3.05) is 16.8 Å². The van der Waals surface area contributed by atoms with Crippen LogP contribution in [0.4, 0.5) is 17.1 Å². The molecule has 208 valence electrons. The van der Waals surface area contributed by atoms with Crippen LogP contribution in [-0.4, -0.2) is 18.3 Å². The van der Waals surface area contributed by atoms with Crippen LogP contribution in [0, 0.1) is 11.6 Å². The molecule has 5 nitrogen and oxygen atoms in total. The third-order valence-electron chi connectivity index (χ3n) is 7.94. The lowest BCUT2D eigenvalue weighted by Crippen LogP contribution is -2.45. The van der Waals surface area contributed by atoms with Gasteiger partial charge in [0.25, 0.3) is 0 Å². The first-order valence-corrected chi connectivity index (χ1v) is 14.0. The second-order valence-corrected chi connectivity index (χ2v) is 11.7. The molecule has 2 aliphatic rings. The third-order valence-corrected chi connectivity index (χ3v) is 7.94. The fourth-order valence-corrected chi connectivity index (χ4v) is 5.77. The summed E-state index contributed by atoms with van der Waals surface area (Å²) in [6, 6.07) is 29.6. The minimum absolute atomic E-state index is 0.0251. The maximum Gasteiger partial charge on any atom is 0.316 e. The third kappa shape index (κ3) is 4.08. The van der Waals surface area contributed by atoms with Crippen LogP contribution in [0.3, 0.4) is 0 Å². The summed E-state index contributed by atoms with van der Waals surface area (Å²) in [7, 11) is 0. The van der Waals surface area contributed by atoms with Gasteiger partial charge < -0.3 is 9.64 Å². The summed E-state index contributed by atoms with van der Waals surface area (Å²) in [5.74, 6) is 1.66. The SMILES string of the molecule is [2H]C([2H])([2H])N1C(=C)N(c2cccc(Oc3ccc4c5ccccc5[n+]([C-]5C=C(C(C)(C)C)C=C[N+]5=C)[c-]4c3)c2)c2ccccc21. The molecule has 0 unspecified atom stereocenters. The zero-order chi connectivity index (χ0) is 31.7. The summed E-state index contributed by atoms with van der Waals surface area (Å²) in [6.07, 6.45) is 7.30. The Kier molecular flexibility index (Phi) is 5.07. The summed E-state index contributed by atoms with van der Waals surface area (Å²) in [5, 5.41) is 2.26. The number of fused-ring (bicyclic) bond motifs is 4. The Morgan fingerprint density at radius 1 is 0.905 bits per heavy atom. The summed E-state index contributed by atoms with van der Waals surface area (Å²) in [4.78, 5) is 3.15. The number of hydrogen-bond acceptors (Lipinski definition) is 3. The lowest BCUT2D eigenvalue weighted by molar-refractivity contribution is -0.730. The molecule has 42 heavy (non-hydrogen) atoms. The molecule has 0 radical (unpaired) electrons. The van der Waals surface area contributed by atoms with E-state index in [1.54, 1.807) is 6.07 Å². The second-order valence-electron chi connectivity index (χ2n) is 11.7. The minimum atomic E-state index is -2.37. The summed E-state index contributed by atoms with van der Waals surface area (Å²) in [5.41, 5.74) is 5.37. The van der Waals surface area contributed by atoms with Crippen molar-refractivity contribution in [3.8, 4) is 11.5 Å². The quantitative estimate of drug-likeness (QED) is 0.165. The van der Waals surface area contributed by atoms with Gasteiger partial charge in [-0.05, 0) is 59.3 Å². The monoisotopic (exact) mass is 553 g/mol. The van der Waals surface area contributed by atoms with E-state index in [4.69, 9.17) is 8.85 Å². The number of rotatable bonds is 4. The summed E-state index contributed by atoms with van der Waals surface area (Å²) >= 11 is 0. The van der Waals surface area contributed by atoms with Gasteiger partial charge in [0, 0.05) is 23.9 Å². The van der Waals surface area contributed by atoms with Crippen molar-refractivity contribution in [3.05, 3.63) is 133 Å². The van der Waals surface area contributed by atoms with Crippen LogP contribution in [-0.2, 0) is 0 Å². The highest BCUT2D eigenvalue weighted by Gasteiger charge is 2.29. The molecule has 0 saturated heterocycles. The first kappa shape index (κ1) is 22.5. The highest BCUT2D eigenvalue weighted by molar-refractivity contribution is 6.04. The zero-order valence-electron chi connectivity index (χ0n) is 27.0. The van der Waals surface area contributed by atoms with Crippen LogP contribution >= 0.6 is 0 Å². The van der Waals surface area contributed by atoms with Crippen LogP contribution in [0.15, 0.2) is 127 Å². The van der Waals surface area contributed by atoms with E-state index in [2.05, 4.69) is 87.2 Å². The standard InChI is InChI=1S/C37H34N4O/c1-25-39(6)33-16-9-10-17-34(33)40(25)27-12-11-13-28(23-27)42-29-18-19-31-30-14-7-8-15-32(30)41(35(31)24-29)36-22-26(37(2,3)4)20-21-38(36)5/h7-24H,1,5H2,2-4,6H3/i6D3. The van der Waals surface area contributed by atoms with E-state index in [0.29, 0.717) is 23.0 Å². The first-order chi connectivity index (χ1) is 21.4. The predicted octanol–water partition coefficient (Wildman–Crippen LogP) is 8.40. The molecule has 0 aliphatic carbocycles. The second kappa shape index (κ2) is 9.45. The molecule has 0 N–H and O–H groups in total. The van der Waals surface area contributed by atoms with Gasteiger partial charge in [0.05, 0.1) is 23.3 Å². The van der Waals surface area contributed by atoms with Crippen LogP contribution < -0.4 is 19.1 Å². The molecular formula is C37H34N4O. The highest BCUT2D eigenvalue weighted by atomic mass is 16.5. The van der Waals surface area contributed by atoms with Crippen LogP contribution in [0.2, 0.25) is 0 Å². The van der Waals surface area contributed by atoms with Gasteiger partial charge in [-0.25, -0.2) is 0 Å². The Balaban J connectivity index is 1.29.